The van der Waals surface area contributed by atoms with E-state index in [1.807, 2.05) is 74.7 Å². The molecule has 0 radical (unpaired) electrons. The largest absolute Gasteiger partial charge is 0.337 e. The molecule has 1 amide bonds. The molecule has 0 aliphatic carbocycles. The Morgan fingerprint density at radius 3 is 2.31 bits per heavy atom. The summed E-state index contributed by atoms with van der Waals surface area (Å²) >= 11 is 0. The molecule has 0 aliphatic rings. The molecule has 0 spiro atoms. The Morgan fingerprint density at radius 1 is 1.00 bits per heavy atom. The second-order valence-corrected chi connectivity index (χ2v) is 7.02. The number of aromatic nitrogens is 1. The number of aryl methyl sites for hydroxylation is 2. The maximum Gasteiger partial charge on any atom is 0.244 e. The highest BCUT2D eigenvalue weighted by molar-refractivity contribution is 6.09. The molecule has 1 aromatic heterocycles. The average Bonchev–Trinajstić information content (AvgIpc) is 2.96. The summed E-state index contributed by atoms with van der Waals surface area (Å²) < 4.78 is 1.86. The number of carbonyl (C=O) groups excluding carboxylic acids is 2. The minimum Gasteiger partial charge on any atom is -0.337 e. The molecule has 1 N–H and O–H groups in total. The van der Waals surface area contributed by atoms with Crippen molar-refractivity contribution in [2.24, 2.45) is 5.92 Å². The summed E-state index contributed by atoms with van der Waals surface area (Å²) in [4.78, 5) is 25.2. The van der Waals surface area contributed by atoms with E-state index in [1.165, 1.54) is 0 Å². The molecular formula is C22H24N2O2. The minimum absolute atomic E-state index is 0.0855. The zero-order valence-corrected chi connectivity index (χ0v) is 15.7. The van der Waals surface area contributed by atoms with Gasteiger partial charge in [-0.05, 0) is 31.0 Å². The molecule has 0 saturated carbocycles. The van der Waals surface area contributed by atoms with E-state index in [0.29, 0.717) is 5.56 Å². The van der Waals surface area contributed by atoms with Crippen molar-refractivity contribution >= 4 is 28.3 Å². The van der Waals surface area contributed by atoms with E-state index >= 15 is 0 Å². The molecule has 0 saturated heterocycles. The smallest absolute Gasteiger partial charge is 0.244 e. The van der Waals surface area contributed by atoms with Crippen LogP contribution in [-0.4, -0.2) is 16.3 Å². The topological polar surface area (TPSA) is 51.1 Å². The summed E-state index contributed by atoms with van der Waals surface area (Å²) in [6.07, 6.45) is 1.80. The first-order valence-corrected chi connectivity index (χ1v) is 8.86. The molecular weight excluding hydrogens is 324 g/mol. The maximum atomic E-state index is 12.6. The van der Waals surface area contributed by atoms with Gasteiger partial charge in [-0.15, -0.1) is 0 Å². The first-order chi connectivity index (χ1) is 12.4. The molecule has 26 heavy (non-hydrogen) atoms. The molecule has 0 atom stereocenters. The Labute approximate surface area is 153 Å². The molecule has 0 fully saturated rings. The van der Waals surface area contributed by atoms with E-state index in [0.717, 1.165) is 27.7 Å². The quantitative estimate of drug-likeness (QED) is 0.677. The van der Waals surface area contributed by atoms with Crippen molar-refractivity contribution in [1.82, 2.24) is 4.57 Å². The van der Waals surface area contributed by atoms with Gasteiger partial charge in [0.05, 0.1) is 0 Å². The molecule has 0 bridgehead atoms. The van der Waals surface area contributed by atoms with Gasteiger partial charge in [-0.1, -0.05) is 50.2 Å². The number of Topliss-reactive ketones (excluding diaryl/α,β-unsaturated/α-hetero) is 1. The van der Waals surface area contributed by atoms with Gasteiger partial charge in [-0.3, -0.25) is 9.59 Å². The van der Waals surface area contributed by atoms with Gasteiger partial charge in [0.1, 0.15) is 6.54 Å². The Balaban J connectivity index is 1.91. The highest BCUT2D eigenvalue weighted by Crippen LogP contribution is 2.24. The summed E-state index contributed by atoms with van der Waals surface area (Å²) in [5.74, 6) is -0.0977. The summed E-state index contributed by atoms with van der Waals surface area (Å²) in [5, 5.41) is 3.90. The number of amides is 1. The van der Waals surface area contributed by atoms with E-state index in [9.17, 15) is 9.59 Å². The number of anilines is 1. The van der Waals surface area contributed by atoms with Crippen molar-refractivity contribution in [2.75, 3.05) is 5.32 Å². The molecule has 3 aromatic rings. The predicted molar refractivity (Wildman–Crippen MR) is 106 cm³/mol. The van der Waals surface area contributed by atoms with Crippen molar-refractivity contribution in [3.05, 3.63) is 65.4 Å². The third-order valence-corrected chi connectivity index (χ3v) is 4.64. The molecule has 1 heterocycles. The monoisotopic (exact) mass is 348 g/mol. The molecule has 4 heteroatoms. The van der Waals surface area contributed by atoms with Crippen LogP contribution in [0.25, 0.3) is 10.9 Å². The highest BCUT2D eigenvalue weighted by Gasteiger charge is 2.18. The molecule has 2 aromatic carbocycles. The Bertz CT molecular complexity index is 963. The number of hydrogen-bond acceptors (Lipinski definition) is 2. The van der Waals surface area contributed by atoms with Gasteiger partial charge in [-0.25, -0.2) is 0 Å². The van der Waals surface area contributed by atoms with Crippen LogP contribution in [0.1, 0.15) is 35.3 Å². The van der Waals surface area contributed by atoms with Crippen molar-refractivity contribution in [3.8, 4) is 0 Å². The number of benzene rings is 2. The normalized spacial score (nSPS) is 11.1. The fourth-order valence-electron chi connectivity index (χ4n) is 3.23. The van der Waals surface area contributed by atoms with Crippen LogP contribution in [0.3, 0.4) is 0 Å². The van der Waals surface area contributed by atoms with Crippen LogP contribution in [0.5, 0.6) is 0 Å². The van der Waals surface area contributed by atoms with E-state index in [-0.39, 0.29) is 24.2 Å². The fourth-order valence-corrected chi connectivity index (χ4v) is 3.23. The Hall–Kier alpha value is -2.88. The highest BCUT2D eigenvalue weighted by atomic mass is 16.2. The van der Waals surface area contributed by atoms with E-state index in [1.54, 1.807) is 6.20 Å². The summed E-state index contributed by atoms with van der Waals surface area (Å²) in [6, 6.07) is 13.7. The third-order valence-electron chi connectivity index (χ3n) is 4.64. The molecule has 0 unspecified atom stereocenters. The van der Waals surface area contributed by atoms with Gasteiger partial charge in [0, 0.05) is 34.3 Å². The number of para-hydroxylation sites is 2. The van der Waals surface area contributed by atoms with Gasteiger partial charge in [0.15, 0.2) is 5.78 Å². The lowest BCUT2D eigenvalue weighted by Crippen LogP contribution is -2.19. The van der Waals surface area contributed by atoms with Crippen LogP contribution in [0.4, 0.5) is 5.69 Å². The first-order valence-electron chi connectivity index (χ1n) is 8.86. The van der Waals surface area contributed by atoms with Crippen LogP contribution >= 0.6 is 0 Å². The van der Waals surface area contributed by atoms with Crippen LogP contribution in [0.15, 0.2) is 48.7 Å². The van der Waals surface area contributed by atoms with Gasteiger partial charge in [0.25, 0.3) is 0 Å². The lowest BCUT2D eigenvalue weighted by Gasteiger charge is -2.12. The van der Waals surface area contributed by atoms with Gasteiger partial charge < -0.3 is 9.88 Å². The first kappa shape index (κ1) is 17.9. The van der Waals surface area contributed by atoms with Crippen molar-refractivity contribution in [2.45, 2.75) is 34.2 Å². The maximum absolute atomic E-state index is 12.6. The number of fused-ring (bicyclic) bond motifs is 1. The third kappa shape index (κ3) is 3.40. The Morgan fingerprint density at radius 2 is 1.65 bits per heavy atom. The molecule has 0 aliphatic heterocycles. The number of ketones is 1. The summed E-state index contributed by atoms with van der Waals surface area (Å²) in [7, 11) is 0. The van der Waals surface area contributed by atoms with Crippen molar-refractivity contribution in [1.29, 1.82) is 0 Å². The molecule has 134 valence electrons. The minimum atomic E-state index is -0.105. The number of nitrogens with zero attached hydrogens (tertiary/aromatic N) is 1. The predicted octanol–water partition coefficient (Wildman–Crippen LogP) is 4.74. The number of carbonyl (C=O) groups is 2. The lowest BCUT2D eigenvalue weighted by atomic mass is 10.0. The van der Waals surface area contributed by atoms with Gasteiger partial charge >= 0.3 is 0 Å². The van der Waals surface area contributed by atoms with E-state index in [2.05, 4.69) is 5.32 Å². The average molecular weight is 348 g/mol. The Kier molecular flexibility index (Phi) is 4.94. The van der Waals surface area contributed by atoms with Crippen LogP contribution in [0.2, 0.25) is 0 Å². The lowest BCUT2D eigenvalue weighted by molar-refractivity contribution is -0.116. The van der Waals surface area contributed by atoms with Gasteiger partial charge in [0.2, 0.25) is 5.91 Å². The van der Waals surface area contributed by atoms with Crippen molar-refractivity contribution in [3.63, 3.8) is 0 Å². The SMILES string of the molecule is Cc1cccc(C)c1NC(=O)Cn1cc(C(=O)C(C)C)c2ccccc21. The zero-order valence-electron chi connectivity index (χ0n) is 15.7. The second-order valence-electron chi connectivity index (χ2n) is 7.02. The van der Waals surface area contributed by atoms with Crippen molar-refractivity contribution < 1.29 is 9.59 Å². The number of hydrogen-bond donors (Lipinski definition) is 1. The zero-order chi connectivity index (χ0) is 18.8. The van der Waals surface area contributed by atoms with Crippen LogP contribution in [-0.2, 0) is 11.3 Å². The van der Waals surface area contributed by atoms with Gasteiger partial charge in [-0.2, -0.15) is 0 Å². The van der Waals surface area contributed by atoms with E-state index in [4.69, 9.17) is 0 Å². The molecule has 3 rings (SSSR count). The second kappa shape index (κ2) is 7.16. The molecule has 4 nitrogen and oxygen atoms in total. The summed E-state index contributed by atoms with van der Waals surface area (Å²) in [6.45, 7) is 7.91. The van der Waals surface area contributed by atoms with E-state index < -0.39 is 0 Å². The number of nitrogens with one attached hydrogen (secondary N) is 1. The standard InChI is InChI=1S/C22H24N2O2/c1-14(2)22(26)18-12-24(19-11-6-5-10-17(18)19)13-20(25)23-21-15(3)8-7-9-16(21)4/h5-12,14H,13H2,1-4H3,(H,23,25). The number of rotatable bonds is 5. The fraction of sp³-hybridized carbons (Fsp3) is 0.273. The van der Waals surface area contributed by atoms with Crippen LogP contribution < -0.4 is 5.32 Å². The van der Waals surface area contributed by atoms with Crippen LogP contribution in [0, 0.1) is 19.8 Å². The summed E-state index contributed by atoms with van der Waals surface area (Å²) in [5.41, 5.74) is 4.49.